The number of hydrogen-bond donors (Lipinski definition) is 0. The lowest BCUT2D eigenvalue weighted by Crippen LogP contribution is -1.97. The third-order valence-electron chi connectivity index (χ3n) is 1.87. The molecule has 1 nitrogen and oxygen atoms in total. The van der Waals surface area contributed by atoms with Gasteiger partial charge >= 0.3 is 0 Å². The molecule has 1 aromatic carbocycles. The molecule has 14 heavy (non-hydrogen) atoms. The average Bonchev–Trinajstić information content (AvgIpc) is 2.14. The molecule has 0 aliphatic carbocycles. The molecule has 0 amide bonds. The first kappa shape index (κ1) is 10.8. The van der Waals surface area contributed by atoms with Gasteiger partial charge in [0, 0.05) is 0 Å². The lowest BCUT2D eigenvalue weighted by atomic mass is 9.95. The van der Waals surface area contributed by atoms with Gasteiger partial charge in [0.25, 0.3) is 0 Å². The quantitative estimate of drug-likeness (QED) is 0.690. The fourth-order valence-electron chi connectivity index (χ4n) is 1.09. The molecule has 1 aromatic rings. The van der Waals surface area contributed by atoms with Crippen LogP contribution in [0.25, 0.3) is 6.08 Å². The van der Waals surface area contributed by atoms with Crippen LogP contribution in [0, 0.1) is 5.41 Å². The molecule has 0 bridgehead atoms. The van der Waals surface area contributed by atoms with Crippen LogP contribution in [0.5, 0.6) is 5.75 Å². The lowest BCUT2D eigenvalue weighted by molar-refractivity contribution is 0.414. The van der Waals surface area contributed by atoms with E-state index in [1.807, 2.05) is 18.2 Å². The van der Waals surface area contributed by atoms with E-state index in [-0.39, 0.29) is 5.41 Å². The zero-order chi connectivity index (χ0) is 10.6. The van der Waals surface area contributed by atoms with Crippen molar-refractivity contribution in [1.82, 2.24) is 0 Å². The van der Waals surface area contributed by atoms with Crippen LogP contribution in [0.4, 0.5) is 0 Å². The summed E-state index contributed by atoms with van der Waals surface area (Å²) in [7, 11) is 1.69. The molecule has 0 fully saturated rings. The molecular formula is C13H18O. The SMILES string of the molecule is COc1cccc(/C=C\C(C)(C)C)c1. The number of methoxy groups -OCH3 is 1. The van der Waals surface area contributed by atoms with E-state index >= 15 is 0 Å². The van der Waals surface area contributed by atoms with Crippen molar-refractivity contribution in [2.24, 2.45) is 5.41 Å². The van der Waals surface area contributed by atoms with Gasteiger partial charge in [-0.15, -0.1) is 0 Å². The molecule has 1 heteroatoms. The molecule has 0 saturated heterocycles. The third-order valence-corrected chi connectivity index (χ3v) is 1.87. The van der Waals surface area contributed by atoms with Gasteiger partial charge < -0.3 is 4.74 Å². The maximum Gasteiger partial charge on any atom is 0.119 e. The Labute approximate surface area is 86.4 Å². The Hall–Kier alpha value is -1.24. The molecule has 0 aromatic heterocycles. The van der Waals surface area contributed by atoms with Gasteiger partial charge in [0.15, 0.2) is 0 Å². The van der Waals surface area contributed by atoms with Gasteiger partial charge in [0.05, 0.1) is 7.11 Å². The van der Waals surface area contributed by atoms with Crippen LogP contribution in [0.15, 0.2) is 30.3 Å². The number of benzene rings is 1. The van der Waals surface area contributed by atoms with E-state index in [9.17, 15) is 0 Å². The van der Waals surface area contributed by atoms with E-state index < -0.39 is 0 Å². The number of hydrogen-bond acceptors (Lipinski definition) is 1. The Kier molecular flexibility index (Phi) is 3.34. The highest BCUT2D eigenvalue weighted by molar-refractivity contribution is 5.52. The van der Waals surface area contributed by atoms with Crippen molar-refractivity contribution in [1.29, 1.82) is 0 Å². The number of allylic oxidation sites excluding steroid dienone is 1. The minimum Gasteiger partial charge on any atom is -0.497 e. The molecule has 0 radical (unpaired) electrons. The molecule has 0 N–H and O–H groups in total. The molecule has 0 aliphatic rings. The molecular weight excluding hydrogens is 172 g/mol. The van der Waals surface area contributed by atoms with Crippen LogP contribution in [0.2, 0.25) is 0 Å². The summed E-state index contributed by atoms with van der Waals surface area (Å²) in [6, 6.07) is 8.06. The van der Waals surface area contributed by atoms with Crippen molar-refractivity contribution in [3.63, 3.8) is 0 Å². The summed E-state index contributed by atoms with van der Waals surface area (Å²) in [5.74, 6) is 0.904. The summed E-state index contributed by atoms with van der Waals surface area (Å²) in [5.41, 5.74) is 1.41. The summed E-state index contributed by atoms with van der Waals surface area (Å²) in [6.07, 6.45) is 4.32. The largest absolute Gasteiger partial charge is 0.497 e. The smallest absolute Gasteiger partial charge is 0.119 e. The first-order valence-corrected chi connectivity index (χ1v) is 4.84. The maximum absolute atomic E-state index is 5.15. The van der Waals surface area contributed by atoms with Gasteiger partial charge in [0.2, 0.25) is 0 Å². The second-order valence-electron chi connectivity index (χ2n) is 4.48. The highest BCUT2D eigenvalue weighted by atomic mass is 16.5. The van der Waals surface area contributed by atoms with Gasteiger partial charge in [0.1, 0.15) is 5.75 Å². The summed E-state index contributed by atoms with van der Waals surface area (Å²) in [4.78, 5) is 0. The van der Waals surface area contributed by atoms with Gasteiger partial charge in [-0.05, 0) is 23.1 Å². The Morgan fingerprint density at radius 2 is 1.93 bits per heavy atom. The van der Waals surface area contributed by atoms with Gasteiger partial charge in [-0.2, -0.15) is 0 Å². The second kappa shape index (κ2) is 4.32. The molecule has 1 rings (SSSR count). The monoisotopic (exact) mass is 190 g/mol. The van der Waals surface area contributed by atoms with E-state index in [0.29, 0.717) is 0 Å². The van der Waals surface area contributed by atoms with Crippen LogP contribution in [-0.2, 0) is 0 Å². The highest BCUT2D eigenvalue weighted by Crippen LogP contribution is 2.19. The van der Waals surface area contributed by atoms with E-state index in [4.69, 9.17) is 4.74 Å². The Balaban J connectivity index is 2.82. The second-order valence-corrected chi connectivity index (χ2v) is 4.48. The Morgan fingerprint density at radius 3 is 2.50 bits per heavy atom. The normalized spacial score (nSPS) is 12.0. The van der Waals surface area contributed by atoms with E-state index in [1.54, 1.807) is 7.11 Å². The number of rotatable bonds is 2. The van der Waals surface area contributed by atoms with Crippen molar-refractivity contribution >= 4 is 6.08 Å². The Morgan fingerprint density at radius 1 is 1.21 bits per heavy atom. The molecule has 0 atom stereocenters. The van der Waals surface area contributed by atoms with Gasteiger partial charge in [-0.1, -0.05) is 45.1 Å². The van der Waals surface area contributed by atoms with Gasteiger partial charge in [-0.25, -0.2) is 0 Å². The van der Waals surface area contributed by atoms with Crippen molar-refractivity contribution in [2.45, 2.75) is 20.8 Å². The van der Waals surface area contributed by atoms with E-state index in [2.05, 4.69) is 39.0 Å². The van der Waals surface area contributed by atoms with Crippen LogP contribution in [-0.4, -0.2) is 7.11 Å². The van der Waals surface area contributed by atoms with Crippen LogP contribution >= 0.6 is 0 Å². The molecule has 0 unspecified atom stereocenters. The highest BCUT2D eigenvalue weighted by Gasteiger charge is 2.03. The van der Waals surface area contributed by atoms with Crippen molar-refractivity contribution in [3.8, 4) is 5.75 Å². The Bertz CT molecular complexity index is 318. The fraction of sp³-hybridized carbons (Fsp3) is 0.385. The topological polar surface area (TPSA) is 9.23 Å². The molecule has 0 aliphatic heterocycles. The molecule has 0 saturated carbocycles. The molecule has 76 valence electrons. The van der Waals surface area contributed by atoms with E-state index in [1.165, 1.54) is 5.56 Å². The van der Waals surface area contributed by atoms with Gasteiger partial charge in [-0.3, -0.25) is 0 Å². The van der Waals surface area contributed by atoms with E-state index in [0.717, 1.165) is 5.75 Å². The zero-order valence-corrected chi connectivity index (χ0v) is 9.37. The first-order chi connectivity index (χ1) is 6.51. The fourth-order valence-corrected chi connectivity index (χ4v) is 1.09. The summed E-state index contributed by atoms with van der Waals surface area (Å²) in [5, 5.41) is 0. The maximum atomic E-state index is 5.15. The van der Waals surface area contributed by atoms with Crippen molar-refractivity contribution in [3.05, 3.63) is 35.9 Å². The lowest BCUT2D eigenvalue weighted by Gasteiger charge is -2.11. The standard InChI is InChI=1S/C13H18O/c1-13(2,3)9-8-11-6-5-7-12(10-11)14-4/h5-10H,1-4H3/b9-8-. The summed E-state index contributed by atoms with van der Waals surface area (Å²) < 4.78 is 5.15. The predicted octanol–water partition coefficient (Wildman–Crippen LogP) is 3.75. The van der Waals surface area contributed by atoms with Crippen LogP contribution in [0.3, 0.4) is 0 Å². The molecule has 0 heterocycles. The minimum absolute atomic E-state index is 0.225. The van der Waals surface area contributed by atoms with Crippen molar-refractivity contribution < 1.29 is 4.74 Å². The number of ether oxygens (including phenoxy) is 1. The first-order valence-electron chi connectivity index (χ1n) is 4.84. The zero-order valence-electron chi connectivity index (χ0n) is 9.37. The predicted molar refractivity (Wildman–Crippen MR) is 61.5 cm³/mol. The van der Waals surface area contributed by atoms with Crippen LogP contribution < -0.4 is 4.74 Å². The van der Waals surface area contributed by atoms with Crippen LogP contribution in [0.1, 0.15) is 26.3 Å². The minimum atomic E-state index is 0.225. The third kappa shape index (κ3) is 3.65. The summed E-state index contributed by atoms with van der Waals surface area (Å²) >= 11 is 0. The average molecular weight is 190 g/mol. The molecule has 0 spiro atoms. The van der Waals surface area contributed by atoms with Crippen molar-refractivity contribution in [2.75, 3.05) is 7.11 Å². The summed E-state index contributed by atoms with van der Waals surface area (Å²) in [6.45, 7) is 6.55.